The van der Waals surface area contributed by atoms with E-state index in [1.54, 1.807) is 11.9 Å². The van der Waals surface area contributed by atoms with Crippen LogP contribution < -0.4 is 5.32 Å². The van der Waals surface area contributed by atoms with Crippen LogP contribution in [0.2, 0.25) is 0 Å². The van der Waals surface area contributed by atoms with Crippen molar-refractivity contribution in [3.05, 3.63) is 0 Å². The molecule has 0 saturated carbocycles. The molecule has 0 spiro atoms. The number of rotatable bonds is 2. The lowest BCUT2D eigenvalue weighted by Gasteiger charge is -2.39. The molecule has 2 unspecified atom stereocenters. The summed E-state index contributed by atoms with van der Waals surface area (Å²) in [6.45, 7) is 9.25. The summed E-state index contributed by atoms with van der Waals surface area (Å²) in [5.41, 5.74) is 0. The SMILES string of the molecule is CC(C)CN1C(N2CCC(C)CC2)=NC2C1C(=O)NC(=O)N2C. The number of guanidine groups is 1. The van der Waals surface area contributed by atoms with Crippen molar-refractivity contribution in [2.45, 2.75) is 45.8 Å². The normalized spacial score (nSPS) is 29.1. The second-order valence-electron chi connectivity index (χ2n) is 7.41. The molecule has 2 saturated heterocycles. The third kappa shape index (κ3) is 2.88. The average molecular weight is 321 g/mol. The van der Waals surface area contributed by atoms with Crippen molar-refractivity contribution in [2.75, 3.05) is 26.7 Å². The number of likely N-dealkylation sites (tertiary alicyclic amines) is 1. The molecule has 0 aromatic rings. The molecular formula is C16H27N5O2. The minimum atomic E-state index is -0.413. The van der Waals surface area contributed by atoms with Gasteiger partial charge in [-0.05, 0) is 24.7 Å². The van der Waals surface area contributed by atoms with Gasteiger partial charge in [-0.3, -0.25) is 10.1 Å². The van der Waals surface area contributed by atoms with E-state index in [9.17, 15) is 9.59 Å². The van der Waals surface area contributed by atoms with Crippen LogP contribution in [0.5, 0.6) is 0 Å². The first kappa shape index (κ1) is 16.1. The van der Waals surface area contributed by atoms with Gasteiger partial charge >= 0.3 is 6.03 Å². The van der Waals surface area contributed by atoms with Crippen molar-refractivity contribution in [1.29, 1.82) is 0 Å². The van der Waals surface area contributed by atoms with E-state index in [0.717, 1.165) is 44.4 Å². The Morgan fingerprint density at radius 3 is 2.52 bits per heavy atom. The van der Waals surface area contributed by atoms with Gasteiger partial charge in [0.2, 0.25) is 0 Å². The monoisotopic (exact) mass is 321 g/mol. The second kappa shape index (κ2) is 6.02. The second-order valence-corrected chi connectivity index (χ2v) is 7.41. The van der Waals surface area contributed by atoms with Gasteiger partial charge in [0.1, 0.15) is 0 Å². The Balaban J connectivity index is 1.88. The number of hydrogen-bond donors (Lipinski definition) is 1. The topological polar surface area (TPSA) is 68.2 Å². The Morgan fingerprint density at radius 1 is 1.26 bits per heavy atom. The number of imide groups is 1. The highest BCUT2D eigenvalue weighted by atomic mass is 16.2. The summed E-state index contributed by atoms with van der Waals surface area (Å²) < 4.78 is 0. The molecule has 128 valence electrons. The maximum Gasteiger partial charge on any atom is 0.325 e. The van der Waals surface area contributed by atoms with Crippen LogP contribution in [0.15, 0.2) is 4.99 Å². The summed E-state index contributed by atoms with van der Waals surface area (Å²) in [7, 11) is 1.71. The largest absolute Gasteiger partial charge is 0.343 e. The molecule has 2 fully saturated rings. The van der Waals surface area contributed by atoms with Crippen molar-refractivity contribution >= 4 is 17.9 Å². The van der Waals surface area contributed by atoms with Gasteiger partial charge < -0.3 is 14.7 Å². The van der Waals surface area contributed by atoms with Crippen LogP contribution in [0.4, 0.5) is 4.79 Å². The van der Waals surface area contributed by atoms with Crippen LogP contribution in [0.3, 0.4) is 0 Å². The fourth-order valence-electron chi connectivity index (χ4n) is 3.57. The zero-order valence-electron chi connectivity index (χ0n) is 14.5. The lowest BCUT2D eigenvalue weighted by molar-refractivity contribution is -0.127. The molecule has 3 rings (SSSR count). The predicted octanol–water partition coefficient (Wildman–Crippen LogP) is 0.922. The van der Waals surface area contributed by atoms with E-state index in [-0.39, 0.29) is 11.9 Å². The molecule has 0 radical (unpaired) electrons. The fraction of sp³-hybridized carbons (Fsp3) is 0.812. The number of aliphatic imine (C=N–C) groups is 1. The number of fused-ring (bicyclic) bond motifs is 1. The Bertz CT molecular complexity index is 525. The van der Waals surface area contributed by atoms with Crippen LogP contribution in [-0.2, 0) is 4.79 Å². The zero-order valence-corrected chi connectivity index (χ0v) is 14.5. The van der Waals surface area contributed by atoms with E-state index in [4.69, 9.17) is 4.99 Å². The summed E-state index contributed by atoms with van der Waals surface area (Å²) >= 11 is 0. The van der Waals surface area contributed by atoms with Gasteiger partial charge in [-0.15, -0.1) is 0 Å². The van der Waals surface area contributed by atoms with Gasteiger partial charge in [0.05, 0.1) is 0 Å². The number of amides is 3. The van der Waals surface area contributed by atoms with Gasteiger partial charge in [0.25, 0.3) is 5.91 Å². The molecule has 1 N–H and O–H groups in total. The van der Waals surface area contributed by atoms with E-state index in [0.29, 0.717) is 5.92 Å². The summed E-state index contributed by atoms with van der Waals surface area (Å²) in [5, 5.41) is 2.45. The number of hydrogen-bond acceptors (Lipinski definition) is 5. The van der Waals surface area contributed by atoms with Crippen LogP contribution >= 0.6 is 0 Å². The third-order valence-corrected chi connectivity index (χ3v) is 4.97. The van der Waals surface area contributed by atoms with Crippen LogP contribution in [0, 0.1) is 11.8 Å². The van der Waals surface area contributed by atoms with Crippen molar-refractivity contribution in [2.24, 2.45) is 16.8 Å². The molecular weight excluding hydrogens is 294 g/mol. The average Bonchev–Trinajstić information content (AvgIpc) is 2.85. The molecule has 7 heteroatoms. The standard InChI is InChI=1S/C16H27N5O2/c1-10(2)9-21-12-13(19(4)16(23)18-14(12)22)17-15(21)20-7-5-11(3)6-8-20/h10-13H,5-9H2,1-4H3,(H,18,22,23). The molecule has 3 aliphatic heterocycles. The number of urea groups is 1. The van der Waals surface area contributed by atoms with Crippen molar-refractivity contribution < 1.29 is 9.59 Å². The van der Waals surface area contributed by atoms with Gasteiger partial charge in [0.15, 0.2) is 18.2 Å². The first-order chi connectivity index (χ1) is 10.9. The van der Waals surface area contributed by atoms with Crippen LogP contribution in [0.1, 0.15) is 33.6 Å². The van der Waals surface area contributed by atoms with Crippen LogP contribution in [0.25, 0.3) is 0 Å². The molecule has 3 amide bonds. The Kier molecular flexibility index (Phi) is 4.21. The molecule has 0 aromatic heterocycles. The number of piperidine rings is 1. The van der Waals surface area contributed by atoms with E-state index in [1.165, 1.54) is 0 Å². The quantitative estimate of drug-likeness (QED) is 0.821. The molecule has 3 heterocycles. The lowest BCUT2D eigenvalue weighted by Crippen LogP contribution is -2.64. The number of nitrogens with zero attached hydrogens (tertiary/aromatic N) is 4. The first-order valence-corrected chi connectivity index (χ1v) is 8.55. The predicted molar refractivity (Wildman–Crippen MR) is 87.8 cm³/mol. The molecule has 0 bridgehead atoms. The summed E-state index contributed by atoms with van der Waals surface area (Å²) in [6, 6.07) is -0.771. The maximum atomic E-state index is 12.4. The highest BCUT2D eigenvalue weighted by Gasteiger charge is 2.49. The van der Waals surface area contributed by atoms with Crippen molar-refractivity contribution in [3.63, 3.8) is 0 Å². The van der Waals surface area contributed by atoms with Crippen molar-refractivity contribution in [1.82, 2.24) is 20.0 Å². The molecule has 0 aromatic carbocycles. The third-order valence-electron chi connectivity index (χ3n) is 4.97. The minimum Gasteiger partial charge on any atom is -0.343 e. The maximum absolute atomic E-state index is 12.4. The fourth-order valence-corrected chi connectivity index (χ4v) is 3.57. The van der Waals surface area contributed by atoms with E-state index in [2.05, 4.69) is 35.9 Å². The number of likely N-dealkylation sites (N-methyl/N-ethyl adjacent to an activating group) is 1. The summed E-state index contributed by atoms with van der Waals surface area (Å²) in [5.74, 6) is 1.81. The highest BCUT2D eigenvalue weighted by Crippen LogP contribution is 2.28. The van der Waals surface area contributed by atoms with Gasteiger partial charge in [-0.1, -0.05) is 20.8 Å². The smallest absolute Gasteiger partial charge is 0.325 e. The minimum absolute atomic E-state index is 0.233. The summed E-state index contributed by atoms with van der Waals surface area (Å²) in [4.78, 5) is 35.0. The Hall–Kier alpha value is -1.79. The number of carbonyl (C=O) groups excluding carboxylic acids is 2. The van der Waals surface area contributed by atoms with Gasteiger partial charge in [-0.2, -0.15) is 0 Å². The van der Waals surface area contributed by atoms with E-state index < -0.39 is 12.2 Å². The number of nitrogens with one attached hydrogen (secondary N) is 1. The highest BCUT2D eigenvalue weighted by molar-refractivity contribution is 6.03. The molecule has 0 aliphatic carbocycles. The number of carbonyl (C=O) groups is 2. The first-order valence-electron chi connectivity index (χ1n) is 8.55. The Morgan fingerprint density at radius 2 is 1.91 bits per heavy atom. The molecule has 23 heavy (non-hydrogen) atoms. The molecule has 3 aliphatic rings. The zero-order chi connectivity index (χ0) is 16.7. The lowest BCUT2D eigenvalue weighted by atomic mass is 9.99. The van der Waals surface area contributed by atoms with Crippen LogP contribution in [-0.4, -0.2) is 71.5 Å². The van der Waals surface area contributed by atoms with Crippen molar-refractivity contribution in [3.8, 4) is 0 Å². The summed E-state index contributed by atoms with van der Waals surface area (Å²) in [6.07, 6.45) is 1.87. The van der Waals surface area contributed by atoms with E-state index >= 15 is 0 Å². The Labute approximate surface area is 137 Å². The van der Waals surface area contributed by atoms with Gasteiger partial charge in [-0.25, -0.2) is 9.79 Å². The molecule has 7 nitrogen and oxygen atoms in total. The van der Waals surface area contributed by atoms with E-state index in [1.807, 2.05) is 0 Å². The molecule has 2 atom stereocenters. The van der Waals surface area contributed by atoms with Gasteiger partial charge in [0, 0.05) is 26.7 Å².